The fourth-order valence-corrected chi connectivity index (χ4v) is 5.51. The summed E-state index contributed by atoms with van der Waals surface area (Å²) in [7, 11) is -3.88. The van der Waals surface area contributed by atoms with Crippen molar-refractivity contribution in [1.29, 1.82) is 0 Å². The van der Waals surface area contributed by atoms with Gasteiger partial charge in [-0.3, -0.25) is 4.79 Å². The highest BCUT2D eigenvalue weighted by atomic mass is 35.5. The summed E-state index contributed by atoms with van der Waals surface area (Å²) in [5, 5.41) is 9.17. The topological polar surface area (TPSA) is 74.7 Å². The molecular formula is C11H12ClNO4S2. The molecule has 0 aliphatic carbocycles. The van der Waals surface area contributed by atoms with Crippen molar-refractivity contribution in [2.45, 2.75) is 17.9 Å². The van der Waals surface area contributed by atoms with Gasteiger partial charge in [0.15, 0.2) is 0 Å². The predicted molar refractivity (Wildman–Crippen MR) is 74.0 cm³/mol. The van der Waals surface area contributed by atoms with Gasteiger partial charge < -0.3 is 5.11 Å². The molecule has 1 aromatic carbocycles. The first-order valence-electron chi connectivity index (χ1n) is 5.42. The number of aryl methyl sites for hydroxylation is 1. The number of nitrogens with zero attached hydrogens (tertiary/aromatic N) is 1. The molecule has 1 atom stereocenters. The third-order valence-electron chi connectivity index (χ3n) is 2.80. The van der Waals surface area contributed by atoms with Crippen LogP contribution in [0.2, 0.25) is 5.02 Å². The van der Waals surface area contributed by atoms with E-state index in [-0.39, 0.29) is 21.5 Å². The van der Waals surface area contributed by atoms with Crippen LogP contribution in [0.25, 0.3) is 0 Å². The zero-order valence-corrected chi connectivity index (χ0v) is 12.4. The molecule has 104 valence electrons. The zero-order chi connectivity index (χ0) is 14.2. The lowest BCUT2D eigenvalue weighted by molar-refractivity contribution is -0.140. The van der Waals surface area contributed by atoms with Gasteiger partial charge in [0.05, 0.1) is 10.9 Å². The largest absolute Gasteiger partial charge is 0.480 e. The van der Waals surface area contributed by atoms with Gasteiger partial charge in [-0.1, -0.05) is 17.7 Å². The molecule has 8 heteroatoms. The molecule has 0 saturated carbocycles. The van der Waals surface area contributed by atoms with Crippen molar-refractivity contribution in [3.05, 3.63) is 28.8 Å². The SMILES string of the molecule is Cc1ccc(S(=O)(=O)N2CSC[C@H]2C(=O)O)c(Cl)c1. The first-order chi connectivity index (χ1) is 8.84. The monoisotopic (exact) mass is 321 g/mol. The minimum atomic E-state index is -3.88. The summed E-state index contributed by atoms with van der Waals surface area (Å²) in [4.78, 5) is 11.0. The van der Waals surface area contributed by atoms with Crippen molar-refractivity contribution in [2.75, 3.05) is 11.6 Å². The van der Waals surface area contributed by atoms with Crippen LogP contribution in [0.1, 0.15) is 5.56 Å². The van der Waals surface area contributed by atoms with Crippen molar-refractivity contribution in [3.8, 4) is 0 Å². The molecule has 0 spiro atoms. The molecule has 1 heterocycles. The van der Waals surface area contributed by atoms with Crippen LogP contribution in [0.5, 0.6) is 0 Å². The van der Waals surface area contributed by atoms with Gasteiger partial charge in [0.1, 0.15) is 10.9 Å². The highest BCUT2D eigenvalue weighted by Gasteiger charge is 2.40. The fourth-order valence-electron chi connectivity index (χ4n) is 1.80. The van der Waals surface area contributed by atoms with Crippen LogP contribution in [0.4, 0.5) is 0 Å². The van der Waals surface area contributed by atoms with Gasteiger partial charge in [0.2, 0.25) is 10.0 Å². The molecule has 1 aliphatic rings. The Bertz CT molecular complexity index is 617. The van der Waals surface area contributed by atoms with Gasteiger partial charge in [0.25, 0.3) is 0 Å². The molecule has 0 amide bonds. The van der Waals surface area contributed by atoms with Crippen molar-refractivity contribution >= 4 is 39.4 Å². The van der Waals surface area contributed by atoms with Crippen LogP contribution in [0.3, 0.4) is 0 Å². The average molecular weight is 322 g/mol. The average Bonchev–Trinajstić information content (AvgIpc) is 2.77. The van der Waals surface area contributed by atoms with Crippen LogP contribution in [0.15, 0.2) is 23.1 Å². The molecule has 19 heavy (non-hydrogen) atoms. The Morgan fingerprint density at radius 1 is 1.53 bits per heavy atom. The molecule has 1 saturated heterocycles. The number of hydrogen-bond acceptors (Lipinski definition) is 4. The van der Waals surface area contributed by atoms with Crippen molar-refractivity contribution < 1.29 is 18.3 Å². The van der Waals surface area contributed by atoms with Crippen molar-refractivity contribution in [2.24, 2.45) is 0 Å². The third-order valence-corrected chi connectivity index (χ3v) is 6.31. The number of carbonyl (C=O) groups is 1. The number of benzene rings is 1. The van der Waals surface area contributed by atoms with Gasteiger partial charge in [-0.05, 0) is 24.6 Å². The van der Waals surface area contributed by atoms with Crippen LogP contribution in [-0.4, -0.2) is 41.5 Å². The van der Waals surface area contributed by atoms with E-state index < -0.39 is 22.0 Å². The van der Waals surface area contributed by atoms with E-state index in [1.54, 1.807) is 19.1 Å². The van der Waals surface area contributed by atoms with E-state index in [9.17, 15) is 13.2 Å². The summed E-state index contributed by atoms with van der Waals surface area (Å²) in [5.74, 6) is -0.765. The molecule has 1 aromatic rings. The first-order valence-corrected chi connectivity index (χ1v) is 8.40. The number of halogens is 1. The number of rotatable bonds is 3. The Kier molecular flexibility index (Phi) is 4.10. The number of sulfonamides is 1. The van der Waals surface area contributed by atoms with E-state index in [1.165, 1.54) is 17.8 Å². The highest BCUT2D eigenvalue weighted by Crippen LogP contribution is 2.32. The second-order valence-corrected chi connectivity index (χ2v) is 7.45. The van der Waals surface area contributed by atoms with Gasteiger partial charge in [0, 0.05) is 5.75 Å². The number of thioether (sulfide) groups is 1. The van der Waals surface area contributed by atoms with Crippen LogP contribution in [-0.2, 0) is 14.8 Å². The van der Waals surface area contributed by atoms with Crippen LogP contribution >= 0.6 is 23.4 Å². The molecule has 5 nitrogen and oxygen atoms in total. The van der Waals surface area contributed by atoms with Gasteiger partial charge >= 0.3 is 5.97 Å². The molecule has 0 aromatic heterocycles. The third kappa shape index (κ3) is 2.74. The molecular weight excluding hydrogens is 310 g/mol. The smallest absolute Gasteiger partial charge is 0.322 e. The quantitative estimate of drug-likeness (QED) is 0.918. The maximum atomic E-state index is 12.4. The second kappa shape index (κ2) is 5.32. The first kappa shape index (κ1) is 14.6. The maximum absolute atomic E-state index is 12.4. The lowest BCUT2D eigenvalue weighted by Crippen LogP contribution is -2.41. The predicted octanol–water partition coefficient (Wildman–Crippen LogP) is 1.80. The number of aliphatic carboxylic acids is 1. The second-order valence-electron chi connectivity index (χ2n) is 4.18. The number of carboxylic acids is 1. The maximum Gasteiger partial charge on any atom is 0.322 e. The van der Waals surface area contributed by atoms with E-state index in [0.29, 0.717) is 0 Å². The van der Waals surface area contributed by atoms with Crippen LogP contribution < -0.4 is 0 Å². The van der Waals surface area contributed by atoms with E-state index in [4.69, 9.17) is 16.7 Å². The molecule has 1 aliphatic heterocycles. The van der Waals surface area contributed by atoms with E-state index in [2.05, 4.69) is 0 Å². The van der Waals surface area contributed by atoms with E-state index in [0.717, 1.165) is 9.87 Å². The minimum absolute atomic E-state index is 0.0477. The van der Waals surface area contributed by atoms with Crippen molar-refractivity contribution in [3.63, 3.8) is 0 Å². The molecule has 0 bridgehead atoms. The lowest BCUT2D eigenvalue weighted by atomic mass is 10.2. The minimum Gasteiger partial charge on any atom is -0.480 e. The lowest BCUT2D eigenvalue weighted by Gasteiger charge is -2.20. The molecule has 2 rings (SSSR count). The normalized spacial score (nSPS) is 20.6. The fraction of sp³-hybridized carbons (Fsp3) is 0.364. The highest BCUT2D eigenvalue weighted by molar-refractivity contribution is 8.00. The summed E-state index contributed by atoms with van der Waals surface area (Å²) in [6.07, 6.45) is 0. The van der Waals surface area contributed by atoms with Gasteiger partial charge in [-0.25, -0.2) is 8.42 Å². The van der Waals surface area contributed by atoms with E-state index >= 15 is 0 Å². The Labute approximate surface area is 120 Å². The summed E-state index contributed by atoms with van der Waals surface area (Å²) >= 11 is 7.23. The molecule has 1 N–H and O–H groups in total. The number of hydrogen-bond donors (Lipinski definition) is 1. The van der Waals surface area contributed by atoms with Crippen LogP contribution in [0, 0.1) is 6.92 Å². The summed E-state index contributed by atoms with van der Waals surface area (Å²) < 4.78 is 25.9. The van der Waals surface area contributed by atoms with Gasteiger partial charge in [-0.2, -0.15) is 4.31 Å². The molecule has 0 unspecified atom stereocenters. The summed E-state index contributed by atoms with van der Waals surface area (Å²) in [6.45, 7) is 1.80. The molecule has 1 fully saturated rings. The Morgan fingerprint density at radius 3 is 2.79 bits per heavy atom. The Hall–Kier alpha value is -0.760. The Balaban J connectivity index is 2.45. The van der Waals surface area contributed by atoms with E-state index in [1.807, 2.05) is 0 Å². The summed E-state index contributed by atoms with van der Waals surface area (Å²) in [6, 6.07) is 3.56. The molecule has 0 radical (unpaired) electrons. The van der Waals surface area contributed by atoms with Crippen molar-refractivity contribution in [1.82, 2.24) is 4.31 Å². The summed E-state index contributed by atoms with van der Waals surface area (Å²) in [5.41, 5.74) is 0.842. The standard InChI is InChI=1S/C11H12ClNO4S2/c1-7-2-3-10(8(12)4-7)19(16,17)13-6-18-5-9(13)11(14)15/h2-4,9H,5-6H2,1H3,(H,14,15)/t9-/m0/s1. The Morgan fingerprint density at radius 2 is 2.21 bits per heavy atom. The van der Waals surface area contributed by atoms with Gasteiger partial charge in [-0.15, -0.1) is 11.8 Å². The zero-order valence-electron chi connectivity index (χ0n) is 10.0. The number of carboxylic acid groups (broad SMARTS) is 1.